The number of carbonyl (C=O) groups is 1. The third-order valence-corrected chi connectivity index (χ3v) is 5.23. The van der Waals surface area contributed by atoms with Crippen LogP contribution in [0, 0.1) is 12.7 Å². The van der Waals surface area contributed by atoms with Gasteiger partial charge in [0.05, 0.1) is 33.8 Å². The van der Waals surface area contributed by atoms with Crippen molar-refractivity contribution in [2.24, 2.45) is 0 Å². The van der Waals surface area contributed by atoms with Crippen LogP contribution in [0.15, 0.2) is 60.9 Å². The van der Waals surface area contributed by atoms with E-state index in [1.807, 2.05) is 45.0 Å². The number of carboxylic acids is 1. The number of pyridine rings is 1. The molecule has 2 N–H and O–H groups in total. The predicted octanol–water partition coefficient (Wildman–Crippen LogP) is 6.26. The van der Waals surface area contributed by atoms with E-state index in [0.717, 1.165) is 17.2 Å². The van der Waals surface area contributed by atoms with Gasteiger partial charge in [-0.15, -0.1) is 0 Å². The van der Waals surface area contributed by atoms with Gasteiger partial charge in [0.2, 0.25) is 0 Å². The molecule has 0 aliphatic heterocycles. The zero-order valence-corrected chi connectivity index (χ0v) is 19.5. The molecule has 0 radical (unpaired) electrons. The van der Waals surface area contributed by atoms with Crippen molar-refractivity contribution >= 4 is 29.1 Å². The molecule has 0 saturated carbocycles. The highest BCUT2D eigenvalue weighted by Gasteiger charge is 2.19. The maximum atomic E-state index is 13.7. The Labute approximate surface area is 200 Å². The number of nitrogens with one attached hydrogen (secondary N) is 1. The second kappa shape index (κ2) is 9.52. The van der Waals surface area contributed by atoms with Gasteiger partial charge in [-0.3, -0.25) is 4.98 Å². The first-order chi connectivity index (χ1) is 16.2. The molecule has 174 valence electrons. The van der Waals surface area contributed by atoms with E-state index in [9.17, 15) is 14.3 Å². The summed E-state index contributed by atoms with van der Waals surface area (Å²) in [7, 11) is 0. The summed E-state index contributed by atoms with van der Waals surface area (Å²) in [5, 5.41) is 17.8. The Bertz CT molecular complexity index is 1350. The maximum Gasteiger partial charge on any atom is 0.337 e. The number of benzene rings is 2. The normalized spacial score (nSPS) is 11.0. The molecule has 2 heterocycles. The second-order valence-corrected chi connectivity index (χ2v) is 8.34. The van der Waals surface area contributed by atoms with Crippen molar-refractivity contribution in [1.82, 2.24) is 14.8 Å². The minimum absolute atomic E-state index is 0.0104. The van der Waals surface area contributed by atoms with Gasteiger partial charge in [-0.2, -0.15) is 5.10 Å². The maximum absolute atomic E-state index is 13.7. The van der Waals surface area contributed by atoms with Crippen molar-refractivity contribution in [2.75, 3.05) is 5.32 Å². The third-order valence-electron chi connectivity index (χ3n) is 4.95. The van der Waals surface area contributed by atoms with Crippen LogP contribution in [0.3, 0.4) is 0 Å². The summed E-state index contributed by atoms with van der Waals surface area (Å²) in [6, 6.07) is 12.8. The number of ether oxygens (including phenoxy) is 1. The molecule has 0 aliphatic carbocycles. The van der Waals surface area contributed by atoms with E-state index >= 15 is 0 Å². The topological polar surface area (TPSA) is 89.3 Å². The Kier molecular flexibility index (Phi) is 6.51. The average molecular weight is 481 g/mol. The van der Waals surface area contributed by atoms with Crippen LogP contribution < -0.4 is 10.1 Å². The quantitative estimate of drug-likeness (QED) is 0.324. The van der Waals surface area contributed by atoms with E-state index in [1.54, 1.807) is 16.9 Å². The summed E-state index contributed by atoms with van der Waals surface area (Å²) in [6.45, 7) is 5.73. The first-order valence-electron chi connectivity index (χ1n) is 10.5. The molecule has 7 nitrogen and oxygen atoms in total. The smallest absolute Gasteiger partial charge is 0.337 e. The van der Waals surface area contributed by atoms with Crippen LogP contribution in [0.2, 0.25) is 5.02 Å². The highest BCUT2D eigenvalue weighted by atomic mass is 35.5. The fourth-order valence-corrected chi connectivity index (χ4v) is 3.80. The first kappa shape index (κ1) is 23.3. The predicted molar refractivity (Wildman–Crippen MR) is 129 cm³/mol. The number of hydrogen-bond acceptors (Lipinski definition) is 5. The summed E-state index contributed by atoms with van der Waals surface area (Å²) >= 11 is 6.46. The molecule has 2 aromatic heterocycles. The number of hydrogen-bond donors (Lipinski definition) is 2. The molecule has 0 bridgehead atoms. The molecule has 4 aromatic rings. The lowest BCUT2D eigenvalue weighted by Crippen LogP contribution is -2.08. The molecule has 0 fully saturated rings. The van der Waals surface area contributed by atoms with E-state index in [2.05, 4.69) is 10.3 Å². The van der Waals surface area contributed by atoms with Gasteiger partial charge in [0.25, 0.3) is 0 Å². The van der Waals surface area contributed by atoms with Crippen molar-refractivity contribution in [3.63, 3.8) is 0 Å². The zero-order chi connectivity index (χ0) is 24.4. The van der Waals surface area contributed by atoms with Crippen molar-refractivity contribution in [1.29, 1.82) is 0 Å². The van der Waals surface area contributed by atoms with Crippen LogP contribution in [0.5, 0.6) is 5.75 Å². The molecular weight excluding hydrogens is 459 g/mol. The Morgan fingerprint density at radius 1 is 1.18 bits per heavy atom. The number of halogens is 2. The third kappa shape index (κ3) is 4.87. The monoisotopic (exact) mass is 480 g/mol. The Morgan fingerprint density at radius 2 is 1.97 bits per heavy atom. The lowest BCUT2D eigenvalue weighted by atomic mass is 10.1. The number of rotatable bonds is 7. The van der Waals surface area contributed by atoms with Crippen LogP contribution >= 0.6 is 11.6 Å². The minimum Gasteiger partial charge on any atom is -0.491 e. The molecule has 0 aliphatic rings. The van der Waals surface area contributed by atoms with Crippen molar-refractivity contribution in [3.05, 3.63) is 82.9 Å². The fraction of sp³-hybridized carbons (Fsp3) is 0.160. The van der Waals surface area contributed by atoms with Gasteiger partial charge in [-0.1, -0.05) is 23.7 Å². The van der Waals surface area contributed by atoms with Gasteiger partial charge in [-0.25, -0.2) is 13.9 Å². The van der Waals surface area contributed by atoms with Crippen molar-refractivity contribution in [3.8, 4) is 22.7 Å². The Morgan fingerprint density at radius 3 is 2.68 bits per heavy atom. The van der Waals surface area contributed by atoms with Gasteiger partial charge in [0.1, 0.15) is 17.4 Å². The summed E-state index contributed by atoms with van der Waals surface area (Å²) < 4.78 is 21.1. The zero-order valence-electron chi connectivity index (χ0n) is 18.7. The van der Waals surface area contributed by atoms with Crippen LogP contribution in [0.25, 0.3) is 16.9 Å². The molecule has 4 rings (SSSR count). The summed E-state index contributed by atoms with van der Waals surface area (Å²) in [5.74, 6) is -0.769. The molecule has 0 unspecified atom stereocenters. The lowest BCUT2D eigenvalue weighted by molar-refractivity contribution is 0.0697. The SMILES string of the molecule is Cc1cncc(Cl)c1-n1nc(-c2cccc(OC(C)C)c2)cc1Nc1ccc(F)cc1C(=O)O. The highest BCUT2D eigenvalue weighted by Crippen LogP contribution is 2.33. The summed E-state index contributed by atoms with van der Waals surface area (Å²) in [6.07, 6.45) is 3.17. The van der Waals surface area contributed by atoms with E-state index in [1.165, 1.54) is 18.3 Å². The molecule has 2 aromatic carbocycles. The van der Waals surface area contributed by atoms with Crippen LogP contribution in [-0.2, 0) is 0 Å². The van der Waals surface area contributed by atoms with Gasteiger partial charge in [0.15, 0.2) is 0 Å². The van der Waals surface area contributed by atoms with Crippen molar-refractivity contribution in [2.45, 2.75) is 26.9 Å². The molecular formula is C25H22ClFN4O3. The van der Waals surface area contributed by atoms with Crippen LogP contribution in [0.4, 0.5) is 15.9 Å². The number of aromatic carboxylic acids is 1. The number of aryl methyl sites for hydroxylation is 1. The highest BCUT2D eigenvalue weighted by molar-refractivity contribution is 6.32. The number of anilines is 2. The van der Waals surface area contributed by atoms with Gasteiger partial charge < -0.3 is 15.2 Å². The molecule has 9 heteroatoms. The van der Waals surface area contributed by atoms with Gasteiger partial charge >= 0.3 is 5.97 Å². The van der Waals surface area contributed by atoms with E-state index in [4.69, 9.17) is 21.4 Å². The molecule has 0 spiro atoms. The number of nitrogens with zero attached hydrogens (tertiary/aromatic N) is 3. The Hall–Kier alpha value is -3.91. The van der Waals surface area contributed by atoms with Gasteiger partial charge in [0, 0.05) is 24.0 Å². The molecule has 34 heavy (non-hydrogen) atoms. The minimum atomic E-state index is -1.26. The molecule has 0 amide bonds. The lowest BCUT2D eigenvalue weighted by Gasteiger charge is -2.14. The summed E-state index contributed by atoms with van der Waals surface area (Å²) in [5.41, 5.74) is 2.74. The van der Waals surface area contributed by atoms with E-state index in [-0.39, 0.29) is 17.4 Å². The molecule has 0 saturated heterocycles. The number of carboxylic acid groups (broad SMARTS) is 1. The van der Waals surface area contributed by atoms with Gasteiger partial charge in [-0.05, 0) is 56.7 Å². The largest absolute Gasteiger partial charge is 0.491 e. The van der Waals surface area contributed by atoms with Crippen LogP contribution in [0.1, 0.15) is 29.8 Å². The second-order valence-electron chi connectivity index (χ2n) is 7.93. The van der Waals surface area contributed by atoms with E-state index < -0.39 is 11.8 Å². The molecule has 0 atom stereocenters. The fourth-order valence-electron chi connectivity index (χ4n) is 3.52. The average Bonchev–Trinajstić information content (AvgIpc) is 3.18. The van der Waals surface area contributed by atoms with Crippen molar-refractivity contribution < 1.29 is 19.0 Å². The summed E-state index contributed by atoms with van der Waals surface area (Å²) in [4.78, 5) is 15.8. The van der Waals surface area contributed by atoms with Crippen LogP contribution in [-0.4, -0.2) is 31.9 Å². The standard InChI is InChI=1S/C25H22ClFN4O3/c1-14(2)34-18-6-4-5-16(9-18)22-11-23(29-21-8-7-17(27)10-19(21)25(32)33)31(30-22)24-15(3)12-28-13-20(24)26/h4-14,29H,1-3H3,(H,32,33). The van der Waals surface area contributed by atoms with E-state index in [0.29, 0.717) is 28.0 Å². The number of aromatic nitrogens is 3. The Balaban J connectivity index is 1.86. The first-order valence-corrected chi connectivity index (χ1v) is 10.9.